The van der Waals surface area contributed by atoms with Crippen molar-refractivity contribution in [3.8, 4) is 0 Å². The van der Waals surface area contributed by atoms with Gasteiger partial charge in [0.05, 0.1) is 22.9 Å². The molecule has 30 heavy (non-hydrogen) atoms. The van der Waals surface area contributed by atoms with Crippen LogP contribution in [0.1, 0.15) is 65.7 Å². The second-order valence-corrected chi connectivity index (χ2v) is 13.5. The van der Waals surface area contributed by atoms with Gasteiger partial charge in [-0.1, -0.05) is 0 Å². The highest BCUT2D eigenvalue weighted by atomic mass is 32.2. The van der Waals surface area contributed by atoms with Crippen LogP contribution in [0.3, 0.4) is 0 Å². The van der Waals surface area contributed by atoms with Crippen LogP contribution in [-0.2, 0) is 14.9 Å². The van der Waals surface area contributed by atoms with E-state index in [4.69, 9.17) is 4.84 Å². The predicted octanol–water partition coefficient (Wildman–Crippen LogP) is 0.522. The van der Waals surface area contributed by atoms with Crippen LogP contribution in [0.2, 0.25) is 0 Å². The number of nitrogens with zero attached hydrogens (tertiary/aromatic N) is 1. The second kappa shape index (κ2) is 8.11. The Bertz CT molecular complexity index is 751. The molecule has 5 aliphatic rings. The van der Waals surface area contributed by atoms with Crippen LogP contribution in [0, 0.1) is 0 Å². The van der Waals surface area contributed by atoms with Crippen LogP contribution in [-0.4, -0.2) is 65.4 Å². The van der Waals surface area contributed by atoms with Crippen LogP contribution < -0.4 is 26.4 Å². The van der Waals surface area contributed by atoms with E-state index in [9.17, 15) is 8.42 Å². The van der Waals surface area contributed by atoms with Gasteiger partial charge in [0.15, 0.2) is 0 Å². The lowest BCUT2D eigenvalue weighted by atomic mass is 9.90. The maximum absolute atomic E-state index is 13.1. The van der Waals surface area contributed by atoms with Crippen molar-refractivity contribution in [2.75, 3.05) is 0 Å². The molecule has 11 heteroatoms. The highest BCUT2D eigenvalue weighted by Crippen LogP contribution is 2.41. The summed E-state index contributed by atoms with van der Waals surface area (Å²) < 4.78 is 29.2. The third kappa shape index (κ3) is 4.42. The quantitative estimate of drug-likeness (QED) is 0.388. The van der Waals surface area contributed by atoms with Crippen molar-refractivity contribution in [1.82, 2.24) is 31.3 Å². The van der Waals surface area contributed by atoms with E-state index in [1.165, 1.54) is 0 Å². The molecule has 0 spiro atoms. The summed E-state index contributed by atoms with van der Waals surface area (Å²) in [6, 6.07) is 0.890. The summed E-state index contributed by atoms with van der Waals surface area (Å²) in [5.41, 5.74) is 9.73. The molecule has 5 rings (SSSR count). The van der Waals surface area contributed by atoms with Gasteiger partial charge in [-0.15, -0.1) is 11.8 Å². The summed E-state index contributed by atoms with van der Waals surface area (Å²) in [7, 11) is -3.30. The maximum Gasteiger partial charge on any atom is 0.215 e. The van der Waals surface area contributed by atoms with Gasteiger partial charge in [0.25, 0.3) is 0 Å². The molecular formula is C19H36N6O3S2. The Morgan fingerprint density at radius 3 is 2.63 bits per heavy atom. The van der Waals surface area contributed by atoms with Gasteiger partial charge < -0.3 is 0 Å². The van der Waals surface area contributed by atoms with Crippen molar-refractivity contribution in [2.45, 2.75) is 118 Å². The number of thioether (sulfide) groups is 1. The SMILES string of the molecule is CC1CC(CC2NC3CCC(S(=O)(=O)NC4(C)CC4)CC3N2C2NNC(C)S2)ON1. The second-order valence-electron chi connectivity index (χ2n) is 10.1. The zero-order chi connectivity index (χ0) is 21.1. The van der Waals surface area contributed by atoms with Crippen LogP contribution in [0.4, 0.5) is 0 Å². The molecule has 8 atom stereocenters. The lowest BCUT2D eigenvalue weighted by Gasteiger charge is -2.39. The first-order valence-electron chi connectivity index (χ1n) is 11.4. The number of rotatable bonds is 6. The zero-order valence-corrected chi connectivity index (χ0v) is 19.7. The monoisotopic (exact) mass is 460 g/mol. The first-order chi connectivity index (χ1) is 14.2. The van der Waals surface area contributed by atoms with E-state index in [1.54, 1.807) is 0 Å². The Balaban J connectivity index is 1.32. The number of sulfonamides is 1. The highest BCUT2D eigenvalue weighted by molar-refractivity contribution is 8.00. The first-order valence-corrected chi connectivity index (χ1v) is 13.9. The minimum absolute atomic E-state index is 0.120. The Morgan fingerprint density at radius 2 is 2.00 bits per heavy atom. The average Bonchev–Trinajstić information content (AvgIpc) is 3.03. The molecule has 5 N–H and O–H groups in total. The third-order valence-electron chi connectivity index (χ3n) is 7.30. The van der Waals surface area contributed by atoms with E-state index in [1.807, 2.05) is 18.7 Å². The third-order valence-corrected chi connectivity index (χ3v) is 10.5. The number of hydrogen-bond acceptors (Lipinski definition) is 9. The largest absolute Gasteiger partial charge is 0.298 e. The summed E-state index contributed by atoms with van der Waals surface area (Å²) in [6.45, 7) is 6.30. The van der Waals surface area contributed by atoms with Gasteiger partial charge in [0.2, 0.25) is 10.0 Å². The smallest absolute Gasteiger partial charge is 0.215 e. The van der Waals surface area contributed by atoms with Gasteiger partial charge in [-0.2, -0.15) is 5.48 Å². The van der Waals surface area contributed by atoms with Crippen LogP contribution in [0.25, 0.3) is 0 Å². The molecule has 8 unspecified atom stereocenters. The first kappa shape index (κ1) is 21.8. The molecule has 2 saturated carbocycles. The van der Waals surface area contributed by atoms with Crippen molar-refractivity contribution < 1.29 is 13.3 Å². The summed E-state index contributed by atoms with van der Waals surface area (Å²) in [5.74, 6) is 0. The fourth-order valence-corrected chi connectivity index (χ4v) is 8.47. The minimum atomic E-state index is -3.30. The van der Waals surface area contributed by atoms with E-state index in [0.29, 0.717) is 23.9 Å². The van der Waals surface area contributed by atoms with Crippen molar-refractivity contribution in [3.63, 3.8) is 0 Å². The molecule has 0 bridgehead atoms. The predicted molar refractivity (Wildman–Crippen MR) is 117 cm³/mol. The number of nitrogens with one attached hydrogen (secondary N) is 5. The highest BCUT2D eigenvalue weighted by Gasteiger charge is 2.52. The fourth-order valence-electron chi connectivity index (χ4n) is 5.41. The number of hydroxylamine groups is 1. The van der Waals surface area contributed by atoms with E-state index in [2.05, 4.69) is 45.1 Å². The van der Waals surface area contributed by atoms with E-state index < -0.39 is 10.0 Å². The number of fused-ring (bicyclic) bond motifs is 1. The van der Waals surface area contributed by atoms with Crippen molar-refractivity contribution in [3.05, 3.63) is 0 Å². The molecular weight excluding hydrogens is 424 g/mol. The van der Waals surface area contributed by atoms with Gasteiger partial charge in [-0.3, -0.25) is 15.1 Å². The molecule has 3 saturated heterocycles. The molecule has 0 aromatic heterocycles. The minimum Gasteiger partial charge on any atom is -0.298 e. The van der Waals surface area contributed by atoms with Gasteiger partial charge in [0, 0.05) is 30.1 Å². The Kier molecular flexibility index (Phi) is 5.90. The van der Waals surface area contributed by atoms with Gasteiger partial charge in [0.1, 0.15) is 5.50 Å². The van der Waals surface area contributed by atoms with Gasteiger partial charge in [-0.25, -0.2) is 24.0 Å². The van der Waals surface area contributed by atoms with Gasteiger partial charge >= 0.3 is 0 Å². The summed E-state index contributed by atoms with van der Waals surface area (Å²) in [5, 5.41) is 3.83. The molecule has 3 aliphatic heterocycles. The van der Waals surface area contributed by atoms with Crippen molar-refractivity contribution in [1.29, 1.82) is 0 Å². The molecule has 5 fully saturated rings. The molecule has 0 radical (unpaired) electrons. The van der Waals surface area contributed by atoms with Gasteiger partial charge in [-0.05, 0) is 59.3 Å². The topological polar surface area (TPSA) is 107 Å². The summed E-state index contributed by atoms with van der Waals surface area (Å²) in [4.78, 5) is 8.27. The lowest BCUT2D eigenvalue weighted by Crippen LogP contribution is -2.54. The fraction of sp³-hybridized carbons (Fsp3) is 1.00. The molecule has 0 aromatic carbocycles. The standard InChI is InChI=1S/C19H36N6O3S2/c1-11-8-13(28-23-11)9-17-20-15-5-4-14(30(26,27)24-19(3)6-7-19)10-16(15)25(17)18-22-21-12(2)29-18/h11-18,20-24H,4-10H2,1-3H3. The van der Waals surface area contributed by atoms with Crippen LogP contribution in [0.5, 0.6) is 0 Å². The normalized spacial score (nSPS) is 46.2. The maximum atomic E-state index is 13.1. The van der Waals surface area contributed by atoms with E-state index in [0.717, 1.165) is 38.5 Å². The average molecular weight is 461 g/mol. The van der Waals surface area contributed by atoms with Crippen LogP contribution in [0.15, 0.2) is 0 Å². The Hall–Kier alpha value is 0.0200. The van der Waals surface area contributed by atoms with E-state index in [-0.39, 0.29) is 34.6 Å². The lowest BCUT2D eigenvalue weighted by molar-refractivity contribution is 0.00345. The Labute approximate surface area is 184 Å². The number of hydrazine groups is 1. The molecule has 0 amide bonds. The summed E-state index contributed by atoms with van der Waals surface area (Å²) in [6.07, 6.45) is 6.41. The van der Waals surface area contributed by atoms with E-state index >= 15 is 0 Å². The molecule has 0 aromatic rings. The number of hydrogen-bond donors (Lipinski definition) is 5. The van der Waals surface area contributed by atoms with Crippen LogP contribution >= 0.6 is 11.8 Å². The van der Waals surface area contributed by atoms with Crippen molar-refractivity contribution in [2.24, 2.45) is 0 Å². The summed E-state index contributed by atoms with van der Waals surface area (Å²) >= 11 is 1.85. The van der Waals surface area contributed by atoms with Crippen molar-refractivity contribution >= 4 is 21.8 Å². The molecule has 172 valence electrons. The molecule has 2 aliphatic carbocycles. The molecule has 9 nitrogen and oxygen atoms in total. The Morgan fingerprint density at radius 1 is 1.20 bits per heavy atom. The molecule has 3 heterocycles. The zero-order valence-electron chi connectivity index (χ0n) is 18.1.